The Kier molecular flexibility index (Phi) is 13.7. The standard InChI is InChI=1S/C36H67N4O8/c1-32(2,3)45-28(41)20-38-24-36(18-19-37,39(21-29(42)46-33(4,5)6)22-30(43)47-34(7,8)9)25-40(13,23-31(44)48-35(10,11)12)27-17-15-14-16-26(27)38/h26-27H,14-25,37H2,1-13H3/q+1/t26-,27-,36?,40?/m1/s1. The third kappa shape index (κ3) is 13.6. The van der Waals surface area contributed by atoms with Crippen LogP contribution in [-0.4, -0.2) is 131 Å². The van der Waals surface area contributed by atoms with Gasteiger partial charge < -0.3 is 29.2 Å². The fourth-order valence-corrected chi connectivity index (χ4v) is 7.37. The molecule has 12 heteroatoms. The predicted octanol–water partition coefficient (Wildman–Crippen LogP) is 3.82. The number of likely N-dealkylation sites (N-methyl/N-ethyl adjacent to an activating group) is 1. The number of fused-ring (bicyclic) bond motifs is 1. The molecule has 12 nitrogen and oxygen atoms in total. The Hall–Kier alpha value is -2.28. The van der Waals surface area contributed by atoms with E-state index < -0.39 is 39.9 Å². The molecule has 0 aromatic carbocycles. The average molecular weight is 684 g/mol. The van der Waals surface area contributed by atoms with Gasteiger partial charge in [0.15, 0.2) is 6.54 Å². The molecule has 0 bridgehead atoms. The van der Waals surface area contributed by atoms with Crippen LogP contribution in [0.15, 0.2) is 0 Å². The number of esters is 4. The number of quaternary nitrogens is 1. The van der Waals surface area contributed by atoms with Gasteiger partial charge in [0.05, 0.1) is 44.8 Å². The van der Waals surface area contributed by atoms with E-state index in [1.54, 1.807) is 41.5 Å². The third-order valence-electron chi connectivity index (χ3n) is 8.54. The first kappa shape index (κ1) is 41.9. The molecule has 0 radical (unpaired) electrons. The first-order chi connectivity index (χ1) is 21.7. The summed E-state index contributed by atoms with van der Waals surface area (Å²) in [6.45, 7) is 22.5. The largest absolute Gasteiger partial charge is 0.459 e. The number of nitrogens with two attached hydrogens (primary N) is 1. The van der Waals surface area contributed by atoms with E-state index in [1.807, 2.05) is 46.4 Å². The average Bonchev–Trinajstić information content (AvgIpc) is 2.92. The van der Waals surface area contributed by atoms with E-state index >= 15 is 0 Å². The Morgan fingerprint density at radius 1 is 0.729 bits per heavy atom. The van der Waals surface area contributed by atoms with Crippen molar-refractivity contribution in [1.29, 1.82) is 0 Å². The van der Waals surface area contributed by atoms with Crippen LogP contribution in [0.4, 0.5) is 0 Å². The fraction of sp³-hybridized carbons (Fsp3) is 0.889. The molecule has 1 saturated carbocycles. The lowest BCUT2D eigenvalue weighted by Gasteiger charge is -2.49. The molecule has 1 aliphatic carbocycles. The molecule has 2 fully saturated rings. The zero-order valence-corrected chi connectivity index (χ0v) is 32.3. The molecule has 1 saturated heterocycles. The van der Waals surface area contributed by atoms with E-state index in [1.165, 1.54) is 0 Å². The molecule has 1 aliphatic heterocycles. The van der Waals surface area contributed by atoms with Gasteiger partial charge in [-0.25, -0.2) is 4.79 Å². The molecule has 2 N–H and O–H groups in total. The number of hydrogen-bond donors (Lipinski definition) is 1. The lowest BCUT2D eigenvalue weighted by Crippen LogP contribution is -2.68. The monoisotopic (exact) mass is 683 g/mol. The SMILES string of the molecule is CC(C)(C)OC(=O)CN1CC(CCN)(N(CC(=O)OC(C)(C)C)CC(=O)OC(C)(C)C)C[N+](C)(CC(=O)OC(C)(C)C)[C@@H]2CCCC[C@H]21. The van der Waals surface area contributed by atoms with Gasteiger partial charge in [-0.1, -0.05) is 6.42 Å². The number of carbonyl (C=O) groups excluding carboxylic acids is 4. The maximum atomic E-state index is 13.6. The van der Waals surface area contributed by atoms with Gasteiger partial charge in [0.1, 0.15) is 28.4 Å². The molecule has 2 aliphatic rings. The Morgan fingerprint density at radius 3 is 1.62 bits per heavy atom. The fourth-order valence-electron chi connectivity index (χ4n) is 7.37. The van der Waals surface area contributed by atoms with Crippen LogP contribution in [0, 0.1) is 0 Å². The summed E-state index contributed by atoms with van der Waals surface area (Å²) in [5.41, 5.74) is 2.58. The topological polar surface area (TPSA) is 138 Å². The van der Waals surface area contributed by atoms with E-state index in [0.29, 0.717) is 24.0 Å². The first-order valence-electron chi connectivity index (χ1n) is 17.6. The van der Waals surface area contributed by atoms with Crippen molar-refractivity contribution in [2.24, 2.45) is 5.73 Å². The van der Waals surface area contributed by atoms with Crippen LogP contribution in [0.5, 0.6) is 0 Å². The van der Waals surface area contributed by atoms with Gasteiger partial charge in [-0.15, -0.1) is 0 Å². The zero-order chi connectivity index (χ0) is 36.9. The summed E-state index contributed by atoms with van der Waals surface area (Å²) in [4.78, 5) is 58.2. The van der Waals surface area contributed by atoms with Crippen LogP contribution in [0.25, 0.3) is 0 Å². The molecule has 2 unspecified atom stereocenters. The maximum absolute atomic E-state index is 13.6. The zero-order valence-electron chi connectivity index (χ0n) is 32.3. The summed E-state index contributed by atoms with van der Waals surface area (Å²) in [5, 5.41) is 0. The van der Waals surface area contributed by atoms with Gasteiger partial charge in [0.2, 0.25) is 0 Å². The Morgan fingerprint density at radius 2 is 1.17 bits per heavy atom. The molecule has 0 amide bonds. The first-order valence-corrected chi connectivity index (χ1v) is 17.6. The lowest BCUT2D eigenvalue weighted by molar-refractivity contribution is -0.932. The van der Waals surface area contributed by atoms with Crippen molar-refractivity contribution in [3.05, 3.63) is 0 Å². The molecule has 4 atom stereocenters. The summed E-state index contributed by atoms with van der Waals surface area (Å²) in [6.07, 6.45) is 4.00. The summed E-state index contributed by atoms with van der Waals surface area (Å²) < 4.78 is 23.5. The molecule has 0 aromatic rings. The normalized spacial score (nSPS) is 25.9. The second-order valence-electron chi connectivity index (χ2n) is 18.1. The Labute approximate surface area is 289 Å². The quantitative estimate of drug-likeness (QED) is 0.193. The molecule has 2 rings (SSSR count). The number of ether oxygens (including phenoxy) is 4. The second-order valence-corrected chi connectivity index (χ2v) is 18.1. The van der Waals surface area contributed by atoms with E-state index in [2.05, 4.69) is 11.9 Å². The molecule has 0 spiro atoms. The summed E-state index contributed by atoms with van der Waals surface area (Å²) in [7, 11) is 2.06. The smallest absolute Gasteiger partial charge is 0.362 e. The number of hydrogen-bond acceptors (Lipinski definition) is 11. The number of carbonyl (C=O) groups is 4. The summed E-state index contributed by atoms with van der Waals surface area (Å²) >= 11 is 0. The van der Waals surface area contributed by atoms with Crippen molar-refractivity contribution in [1.82, 2.24) is 9.80 Å². The molecule has 0 aromatic heterocycles. The highest BCUT2D eigenvalue weighted by Crippen LogP contribution is 2.39. The van der Waals surface area contributed by atoms with Gasteiger partial charge >= 0.3 is 23.9 Å². The third-order valence-corrected chi connectivity index (χ3v) is 8.54. The van der Waals surface area contributed by atoms with Crippen molar-refractivity contribution >= 4 is 23.9 Å². The predicted molar refractivity (Wildman–Crippen MR) is 185 cm³/mol. The van der Waals surface area contributed by atoms with Crippen LogP contribution in [0.2, 0.25) is 0 Å². The maximum Gasteiger partial charge on any atom is 0.362 e. The summed E-state index contributed by atoms with van der Waals surface area (Å²) in [5.74, 6) is -1.68. The second kappa shape index (κ2) is 15.7. The van der Waals surface area contributed by atoms with E-state index in [9.17, 15) is 19.2 Å². The number of nitrogens with zero attached hydrogens (tertiary/aromatic N) is 3. The molecular formula is C36H67N4O8+. The van der Waals surface area contributed by atoms with Crippen molar-refractivity contribution < 1.29 is 42.6 Å². The van der Waals surface area contributed by atoms with Crippen molar-refractivity contribution in [3.63, 3.8) is 0 Å². The van der Waals surface area contributed by atoms with Gasteiger partial charge in [0, 0.05) is 13.0 Å². The molecule has 48 heavy (non-hydrogen) atoms. The van der Waals surface area contributed by atoms with Crippen LogP contribution < -0.4 is 5.73 Å². The lowest BCUT2D eigenvalue weighted by atomic mass is 9.86. The van der Waals surface area contributed by atoms with Crippen molar-refractivity contribution in [2.45, 2.75) is 155 Å². The van der Waals surface area contributed by atoms with Crippen LogP contribution in [0.3, 0.4) is 0 Å². The van der Waals surface area contributed by atoms with Gasteiger partial charge in [0.25, 0.3) is 0 Å². The highest BCUT2D eigenvalue weighted by atomic mass is 16.6. The van der Waals surface area contributed by atoms with E-state index in [-0.39, 0.29) is 56.7 Å². The van der Waals surface area contributed by atoms with E-state index in [4.69, 9.17) is 24.7 Å². The molecule has 1 heterocycles. The van der Waals surface area contributed by atoms with Gasteiger partial charge in [-0.3, -0.25) is 24.2 Å². The van der Waals surface area contributed by atoms with Crippen LogP contribution >= 0.6 is 0 Å². The van der Waals surface area contributed by atoms with E-state index in [0.717, 1.165) is 25.7 Å². The highest BCUT2D eigenvalue weighted by Gasteiger charge is 2.56. The Bertz CT molecular complexity index is 1100. The number of rotatable bonds is 11. The van der Waals surface area contributed by atoms with Gasteiger partial charge in [-0.05, 0) is 109 Å². The molecular weight excluding hydrogens is 616 g/mol. The Balaban J connectivity index is 2.80. The van der Waals surface area contributed by atoms with Crippen LogP contribution in [0.1, 0.15) is 115 Å². The van der Waals surface area contributed by atoms with Crippen molar-refractivity contribution in [2.75, 3.05) is 52.9 Å². The minimum atomic E-state index is -0.946. The highest BCUT2D eigenvalue weighted by molar-refractivity contribution is 5.76. The van der Waals surface area contributed by atoms with Gasteiger partial charge in [-0.2, -0.15) is 0 Å². The van der Waals surface area contributed by atoms with Crippen LogP contribution in [-0.2, 0) is 38.1 Å². The minimum absolute atomic E-state index is 0.0178. The minimum Gasteiger partial charge on any atom is -0.459 e. The molecule has 278 valence electrons. The summed E-state index contributed by atoms with van der Waals surface area (Å²) in [6, 6.07) is -0.0958. The van der Waals surface area contributed by atoms with Crippen molar-refractivity contribution in [3.8, 4) is 0 Å².